The van der Waals surface area contributed by atoms with Gasteiger partial charge in [0.05, 0.1) is 18.4 Å². The zero-order chi connectivity index (χ0) is 18.7. The largest absolute Gasteiger partial charge is 0.494 e. The second kappa shape index (κ2) is 7.49. The topological polar surface area (TPSA) is 67.3 Å². The van der Waals surface area contributed by atoms with Crippen LogP contribution in [0.5, 0.6) is 5.75 Å². The molecule has 0 fully saturated rings. The molecule has 6 nitrogen and oxygen atoms in total. The van der Waals surface area contributed by atoms with Gasteiger partial charge in [0, 0.05) is 31.2 Å². The van der Waals surface area contributed by atoms with E-state index in [-0.39, 0.29) is 11.7 Å². The Kier molecular flexibility index (Phi) is 5.13. The third-order valence-corrected chi connectivity index (χ3v) is 4.38. The van der Waals surface area contributed by atoms with Gasteiger partial charge >= 0.3 is 0 Å². The quantitative estimate of drug-likeness (QED) is 0.740. The third kappa shape index (κ3) is 3.65. The first-order valence-corrected chi connectivity index (χ1v) is 8.60. The van der Waals surface area contributed by atoms with E-state index in [0.29, 0.717) is 27.8 Å². The molecular weight excluding hydrogens is 355 g/mol. The van der Waals surface area contributed by atoms with Gasteiger partial charge in [0.1, 0.15) is 5.82 Å². The maximum Gasteiger partial charge on any atom is 0.261 e. The van der Waals surface area contributed by atoms with Gasteiger partial charge in [-0.2, -0.15) is 0 Å². The minimum atomic E-state index is -0.463. The standard InChI is InChI=1S/C18H17FN4O2S/c1-23(2)16-12(5-4-8-20-16)17(24)22-18-21-14(10-26-18)11-6-7-15(25-3)13(19)9-11/h4-10H,1-3H3,(H,21,22,24). The molecule has 0 atom stereocenters. The maximum absolute atomic E-state index is 13.9. The number of methoxy groups -OCH3 is 1. The molecule has 1 amide bonds. The fourth-order valence-electron chi connectivity index (χ4n) is 2.38. The molecule has 26 heavy (non-hydrogen) atoms. The smallest absolute Gasteiger partial charge is 0.261 e. The molecule has 0 aliphatic rings. The molecule has 3 aromatic rings. The summed E-state index contributed by atoms with van der Waals surface area (Å²) < 4.78 is 18.8. The van der Waals surface area contributed by atoms with E-state index in [4.69, 9.17) is 4.74 Å². The van der Waals surface area contributed by atoms with E-state index in [0.717, 1.165) is 0 Å². The lowest BCUT2D eigenvalue weighted by Gasteiger charge is -2.14. The van der Waals surface area contributed by atoms with Crippen molar-refractivity contribution >= 4 is 28.2 Å². The van der Waals surface area contributed by atoms with E-state index in [1.807, 2.05) is 14.1 Å². The van der Waals surface area contributed by atoms with Crippen LogP contribution in [0.4, 0.5) is 15.3 Å². The van der Waals surface area contributed by atoms with Gasteiger partial charge in [-0.25, -0.2) is 14.4 Å². The number of carbonyl (C=O) groups is 1. The number of hydrogen-bond acceptors (Lipinski definition) is 6. The zero-order valence-electron chi connectivity index (χ0n) is 14.5. The SMILES string of the molecule is COc1ccc(-c2csc(NC(=O)c3cccnc3N(C)C)n2)cc1F. The minimum absolute atomic E-state index is 0.172. The summed E-state index contributed by atoms with van der Waals surface area (Å²) in [5, 5.41) is 4.95. The summed E-state index contributed by atoms with van der Waals surface area (Å²) in [6, 6.07) is 8.01. The molecule has 0 spiro atoms. The summed E-state index contributed by atoms with van der Waals surface area (Å²) in [6.45, 7) is 0. The highest BCUT2D eigenvalue weighted by atomic mass is 32.1. The molecule has 0 bridgehead atoms. The number of thiazole rings is 1. The van der Waals surface area contributed by atoms with Crippen LogP contribution in [0.1, 0.15) is 10.4 Å². The van der Waals surface area contributed by atoms with Crippen molar-refractivity contribution in [3.05, 3.63) is 53.3 Å². The van der Waals surface area contributed by atoms with E-state index >= 15 is 0 Å². The Morgan fingerprint density at radius 1 is 1.31 bits per heavy atom. The number of nitrogens with one attached hydrogen (secondary N) is 1. The molecule has 0 aliphatic heterocycles. The molecule has 0 radical (unpaired) electrons. The van der Waals surface area contributed by atoms with E-state index in [1.54, 1.807) is 40.7 Å². The lowest BCUT2D eigenvalue weighted by Crippen LogP contribution is -2.19. The number of aromatic nitrogens is 2. The van der Waals surface area contributed by atoms with E-state index < -0.39 is 5.82 Å². The molecular formula is C18H17FN4O2S. The van der Waals surface area contributed by atoms with Crippen LogP contribution in [0.25, 0.3) is 11.3 Å². The predicted octanol–water partition coefficient (Wildman–Crippen LogP) is 3.67. The van der Waals surface area contributed by atoms with Crippen molar-refractivity contribution in [1.29, 1.82) is 0 Å². The highest BCUT2D eigenvalue weighted by molar-refractivity contribution is 7.14. The van der Waals surface area contributed by atoms with E-state index in [1.165, 1.54) is 24.5 Å². The van der Waals surface area contributed by atoms with Gasteiger partial charge < -0.3 is 9.64 Å². The van der Waals surface area contributed by atoms with Crippen molar-refractivity contribution in [2.45, 2.75) is 0 Å². The average molecular weight is 372 g/mol. The number of benzene rings is 1. The van der Waals surface area contributed by atoms with Gasteiger partial charge in [0.25, 0.3) is 5.91 Å². The van der Waals surface area contributed by atoms with Crippen LogP contribution in [-0.2, 0) is 0 Å². The molecule has 134 valence electrons. The Labute approximate surface area is 154 Å². The number of halogens is 1. The second-order valence-corrected chi connectivity index (χ2v) is 6.47. The van der Waals surface area contributed by atoms with Gasteiger partial charge in [-0.3, -0.25) is 10.1 Å². The summed E-state index contributed by atoms with van der Waals surface area (Å²) in [7, 11) is 5.05. The molecule has 1 N–H and O–H groups in total. The number of ether oxygens (including phenoxy) is 1. The molecule has 2 heterocycles. The van der Waals surface area contributed by atoms with Crippen LogP contribution < -0.4 is 15.0 Å². The fraction of sp³-hybridized carbons (Fsp3) is 0.167. The predicted molar refractivity (Wildman–Crippen MR) is 101 cm³/mol. The Morgan fingerprint density at radius 2 is 2.12 bits per heavy atom. The Morgan fingerprint density at radius 3 is 2.81 bits per heavy atom. The van der Waals surface area contributed by atoms with Crippen molar-refractivity contribution < 1.29 is 13.9 Å². The van der Waals surface area contributed by atoms with Gasteiger partial charge in [-0.15, -0.1) is 11.3 Å². The molecule has 8 heteroatoms. The molecule has 2 aromatic heterocycles. The minimum Gasteiger partial charge on any atom is -0.494 e. The summed E-state index contributed by atoms with van der Waals surface area (Å²) >= 11 is 1.27. The van der Waals surface area contributed by atoms with E-state index in [9.17, 15) is 9.18 Å². The number of nitrogens with zero attached hydrogens (tertiary/aromatic N) is 3. The Hall–Kier alpha value is -3.00. The first kappa shape index (κ1) is 17.8. The van der Waals surface area contributed by atoms with E-state index in [2.05, 4.69) is 15.3 Å². The number of anilines is 2. The van der Waals surface area contributed by atoms with Gasteiger partial charge in [-0.05, 0) is 30.3 Å². The molecule has 0 unspecified atom stereocenters. The highest BCUT2D eigenvalue weighted by Crippen LogP contribution is 2.29. The van der Waals surface area contributed by atoms with Crippen molar-refractivity contribution in [1.82, 2.24) is 9.97 Å². The van der Waals surface area contributed by atoms with Crippen molar-refractivity contribution in [2.24, 2.45) is 0 Å². The first-order chi connectivity index (χ1) is 12.5. The summed E-state index contributed by atoms with van der Waals surface area (Å²) in [5.41, 5.74) is 1.63. The van der Waals surface area contributed by atoms with Crippen LogP contribution >= 0.6 is 11.3 Å². The van der Waals surface area contributed by atoms with Crippen LogP contribution in [0.2, 0.25) is 0 Å². The third-order valence-electron chi connectivity index (χ3n) is 3.63. The fourth-order valence-corrected chi connectivity index (χ4v) is 3.10. The molecule has 1 aromatic carbocycles. The average Bonchev–Trinajstić information content (AvgIpc) is 3.10. The van der Waals surface area contributed by atoms with Crippen LogP contribution in [0.3, 0.4) is 0 Å². The van der Waals surface area contributed by atoms with Crippen LogP contribution in [0.15, 0.2) is 41.9 Å². The van der Waals surface area contributed by atoms with Gasteiger partial charge in [0.2, 0.25) is 0 Å². The number of hydrogen-bond donors (Lipinski definition) is 1. The molecule has 0 aliphatic carbocycles. The molecule has 0 saturated heterocycles. The van der Waals surface area contributed by atoms with Gasteiger partial charge in [-0.1, -0.05) is 0 Å². The van der Waals surface area contributed by atoms with Crippen molar-refractivity contribution in [3.8, 4) is 17.0 Å². The first-order valence-electron chi connectivity index (χ1n) is 7.72. The second-order valence-electron chi connectivity index (χ2n) is 5.61. The number of pyridine rings is 1. The maximum atomic E-state index is 13.9. The lowest BCUT2D eigenvalue weighted by molar-refractivity contribution is 0.102. The van der Waals surface area contributed by atoms with Gasteiger partial charge in [0.15, 0.2) is 16.7 Å². The number of rotatable bonds is 5. The van der Waals surface area contributed by atoms with Crippen LogP contribution in [0, 0.1) is 5.82 Å². The Bertz CT molecular complexity index is 942. The van der Waals surface area contributed by atoms with Crippen molar-refractivity contribution in [2.75, 3.05) is 31.4 Å². The normalized spacial score (nSPS) is 10.5. The summed E-state index contributed by atoms with van der Waals surface area (Å²) in [4.78, 5) is 22.9. The van der Waals surface area contributed by atoms with Crippen LogP contribution in [-0.4, -0.2) is 37.1 Å². The van der Waals surface area contributed by atoms with Crippen molar-refractivity contribution in [3.63, 3.8) is 0 Å². The number of carbonyl (C=O) groups excluding carboxylic acids is 1. The summed E-state index contributed by atoms with van der Waals surface area (Å²) in [5.74, 6) is -0.0255. The molecule has 0 saturated carbocycles. The monoisotopic (exact) mass is 372 g/mol. The summed E-state index contributed by atoms with van der Waals surface area (Å²) in [6.07, 6.45) is 1.63. The number of amides is 1. The lowest BCUT2D eigenvalue weighted by atomic mass is 10.1. The Balaban J connectivity index is 1.81. The highest BCUT2D eigenvalue weighted by Gasteiger charge is 2.16. The molecule has 3 rings (SSSR count). The zero-order valence-corrected chi connectivity index (χ0v) is 15.3.